The van der Waals surface area contributed by atoms with Crippen LogP contribution in [0.4, 0.5) is 0 Å². The maximum absolute atomic E-state index is 5.54. The first-order valence-corrected chi connectivity index (χ1v) is 7.43. The van der Waals surface area contributed by atoms with E-state index in [4.69, 9.17) is 4.74 Å². The van der Waals surface area contributed by atoms with Crippen LogP contribution in [-0.2, 0) is 4.74 Å². The van der Waals surface area contributed by atoms with Gasteiger partial charge in [-0.15, -0.1) is 0 Å². The number of hydrogen-bond acceptors (Lipinski definition) is 2. The quantitative estimate of drug-likeness (QED) is 0.711. The Labute approximate surface area is 118 Å². The second-order valence-electron chi connectivity index (χ2n) is 5.66. The van der Waals surface area contributed by atoms with Crippen molar-refractivity contribution in [3.05, 3.63) is 34.9 Å². The fraction of sp³-hybridized carbons (Fsp3) is 0.647. The van der Waals surface area contributed by atoms with Crippen LogP contribution in [0, 0.1) is 13.8 Å². The van der Waals surface area contributed by atoms with Crippen molar-refractivity contribution in [2.24, 2.45) is 0 Å². The number of rotatable bonds is 8. The molecule has 1 rings (SSSR count). The SMILES string of the molecule is Cc1ccc(C(C)NCCCCOC(C)C)c(C)c1. The topological polar surface area (TPSA) is 21.3 Å². The van der Waals surface area contributed by atoms with Gasteiger partial charge in [-0.1, -0.05) is 23.8 Å². The van der Waals surface area contributed by atoms with Crippen LogP contribution in [0.2, 0.25) is 0 Å². The first-order chi connectivity index (χ1) is 9.00. The predicted octanol–water partition coefficient (Wildman–Crippen LogP) is 4.16. The zero-order chi connectivity index (χ0) is 14.3. The Balaban J connectivity index is 2.25. The van der Waals surface area contributed by atoms with E-state index >= 15 is 0 Å². The van der Waals surface area contributed by atoms with Crippen molar-refractivity contribution in [2.75, 3.05) is 13.2 Å². The Morgan fingerprint density at radius 3 is 2.47 bits per heavy atom. The average Bonchev–Trinajstić information content (AvgIpc) is 2.32. The number of benzene rings is 1. The van der Waals surface area contributed by atoms with Gasteiger partial charge in [-0.2, -0.15) is 0 Å². The van der Waals surface area contributed by atoms with Gasteiger partial charge in [0.1, 0.15) is 0 Å². The van der Waals surface area contributed by atoms with Crippen molar-refractivity contribution in [1.29, 1.82) is 0 Å². The molecule has 2 nitrogen and oxygen atoms in total. The molecule has 0 aliphatic rings. The summed E-state index contributed by atoms with van der Waals surface area (Å²) in [5.41, 5.74) is 4.12. The lowest BCUT2D eigenvalue weighted by atomic mass is 10.0. The van der Waals surface area contributed by atoms with E-state index in [0.717, 1.165) is 19.6 Å². The fourth-order valence-electron chi connectivity index (χ4n) is 2.29. The fourth-order valence-corrected chi connectivity index (χ4v) is 2.29. The van der Waals surface area contributed by atoms with Gasteiger partial charge in [0, 0.05) is 12.6 Å². The highest BCUT2D eigenvalue weighted by molar-refractivity contribution is 5.32. The molecule has 1 unspecified atom stereocenters. The smallest absolute Gasteiger partial charge is 0.0518 e. The average molecular weight is 263 g/mol. The molecule has 0 saturated carbocycles. The number of unbranched alkanes of at least 4 members (excludes halogenated alkanes) is 1. The summed E-state index contributed by atoms with van der Waals surface area (Å²) in [4.78, 5) is 0. The summed E-state index contributed by atoms with van der Waals surface area (Å²) in [5.74, 6) is 0. The van der Waals surface area contributed by atoms with Crippen LogP contribution < -0.4 is 5.32 Å². The zero-order valence-corrected chi connectivity index (χ0v) is 13.1. The van der Waals surface area contributed by atoms with Gasteiger partial charge in [-0.05, 0) is 65.1 Å². The van der Waals surface area contributed by atoms with Gasteiger partial charge in [-0.25, -0.2) is 0 Å². The van der Waals surface area contributed by atoms with Gasteiger partial charge in [0.05, 0.1) is 6.10 Å². The third-order valence-electron chi connectivity index (χ3n) is 3.36. The molecule has 19 heavy (non-hydrogen) atoms. The summed E-state index contributed by atoms with van der Waals surface area (Å²) in [6.45, 7) is 12.7. The summed E-state index contributed by atoms with van der Waals surface area (Å²) in [7, 11) is 0. The standard InChI is InChI=1S/C17H29NO/c1-13(2)19-11-7-6-10-18-16(5)17-9-8-14(3)12-15(17)4/h8-9,12-13,16,18H,6-7,10-11H2,1-5H3. The Hall–Kier alpha value is -0.860. The van der Waals surface area contributed by atoms with E-state index in [1.165, 1.54) is 23.1 Å². The molecule has 0 radical (unpaired) electrons. The molecule has 0 heterocycles. The van der Waals surface area contributed by atoms with Gasteiger partial charge in [0.2, 0.25) is 0 Å². The summed E-state index contributed by atoms with van der Waals surface area (Å²) in [5, 5.41) is 3.59. The summed E-state index contributed by atoms with van der Waals surface area (Å²) in [6, 6.07) is 7.11. The van der Waals surface area contributed by atoms with Gasteiger partial charge in [-0.3, -0.25) is 0 Å². The van der Waals surface area contributed by atoms with Crippen LogP contribution in [-0.4, -0.2) is 19.3 Å². The minimum atomic E-state index is 0.349. The van der Waals surface area contributed by atoms with Crippen molar-refractivity contribution in [1.82, 2.24) is 5.32 Å². The van der Waals surface area contributed by atoms with E-state index in [0.29, 0.717) is 12.1 Å². The highest BCUT2D eigenvalue weighted by atomic mass is 16.5. The lowest BCUT2D eigenvalue weighted by Gasteiger charge is -2.17. The van der Waals surface area contributed by atoms with Crippen molar-refractivity contribution in [2.45, 2.75) is 59.6 Å². The first-order valence-electron chi connectivity index (χ1n) is 7.43. The molecule has 108 valence electrons. The van der Waals surface area contributed by atoms with E-state index < -0.39 is 0 Å². The van der Waals surface area contributed by atoms with Crippen LogP contribution >= 0.6 is 0 Å². The number of aryl methyl sites for hydroxylation is 2. The van der Waals surface area contributed by atoms with E-state index in [1.54, 1.807) is 0 Å². The second kappa shape index (κ2) is 8.34. The molecule has 1 aromatic rings. The van der Waals surface area contributed by atoms with E-state index in [9.17, 15) is 0 Å². The molecule has 0 saturated heterocycles. The number of hydrogen-bond donors (Lipinski definition) is 1. The molecule has 0 amide bonds. The van der Waals surface area contributed by atoms with Crippen LogP contribution in [0.25, 0.3) is 0 Å². The molecule has 1 N–H and O–H groups in total. The second-order valence-corrected chi connectivity index (χ2v) is 5.66. The lowest BCUT2D eigenvalue weighted by molar-refractivity contribution is 0.0759. The van der Waals surface area contributed by atoms with Crippen molar-refractivity contribution >= 4 is 0 Å². The van der Waals surface area contributed by atoms with Crippen LogP contribution in [0.1, 0.15) is 56.3 Å². The third kappa shape index (κ3) is 6.22. The van der Waals surface area contributed by atoms with Crippen LogP contribution in [0.3, 0.4) is 0 Å². The molecule has 0 aliphatic heterocycles. The Morgan fingerprint density at radius 1 is 1.11 bits per heavy atom. The Kier molecular flexibility index (Phi) is 7.11. The predicted molar refractivity (Wildman–Crippen MR) is 82.7 cm³/mol. The minimum Gasteiger partial charge on any atom is -0.379 e. The summed E-state index contributed by atoms with van der Waals surface area (Å²) < 4.78 is 5.54. The Bertz CT molecular complexity index is 374. The lowest BCUT2D eigenvalue weighted by Crippen LogP contribution is -2.21. The zero-order valence-electron chi connectivity index (χ0n) is 13.1. The normalized spacial score (nSPS) is 12.9. The van der Waals surface area contributed by atoms with Gasteiger partial charge < -0.3 is 10.1 Å². The van der Waals surface area contributed by atoms with Gasteiger partial charge in [0.15, 0.2) is 0 Å². The number of nitrogens with one attached hydrogen (secondary N) is 1. The molecule has 0 spiro atoms. The van der Waals surface area contributed by atoms with Gasteiger partial charge in [0.25, 0.3) is 0 Å². The summed E-state index contributed by atoms with van der Waals surface area (Å²) >= 11 is 0. The molecule has 0 aromatic heterocycles. The molecule has 2 heteroatoms. The van der Waals surface area contributed by atoms with Crippen molar-refractivity contribution < 1.29 is 4.74 Å². The highest BCUT2D eigenvalue weighted by Gasteiger charge is 2.07. The summed E-state index contributed by atoms with van der Waals surface area (Å²) in [6.07, 6.45) is 2.65. The monoisotopic (exact) mass is 263 g/mol. The van der Waals surface area contributed by atoms with Crippen molar-refractivity contribution in [3.8, 4) is 0 Å². The molecular formula is C17H29NO. The number of ether oxygens (including phenoxy) is 1. The molecular weight excluding hydrogens is 234 g/mol. The minimum absolute atomic E-state index is 0.349. The largest absolute Gasteiger partial charge is 0.379 e. The van der Waals surface area contributed by atoms with E-state index in [1.807, 2.05) is 0 Å². The molecule has 0 fully saturated rings. The molecule has 1 atom stereocenters. The molecule has 0 aliphatic carbocycles. The van der Waals surface area contributed by atoms with Crippen molar-refractivity contribution in [3.63, 3.8) is 0 Å². The van der Waals surface area contributed by atoms with E-state index in [-0.39, 0.29) is 0 Å². The van der Waals surface area contributed by atoms with Gasteiger partial charge >= 0.3 is 0 Å². The van der Waals surface area contributed by atoms with E-state index in [2.05, 4.69) is 58.1 Å². The molecule has 1 aromatic carbocycles. The molecule has 0 bridgehead atoms. The highest BCUT2D eigenvalue weighted by Crippen LogP contribution is 2.18. The maximum Gasteiger partial charge on any atom is 0.0518 e. The van der Waals surface area contributed by atoms with Crippen LogP contribution in [0.5, 0.6) is 0 Å². The third-order valence-corrected chi connectivity index (χ3v) is 3.36. The first kappa shape index (κ1) is 16.2. The Morgan fingerprint density at radius 2 is 1.84 bits per heavy atom. The van der Waals surface area contributed by atoms with Crippen LogP contribution in [0.15, 0.2) is 18.2 Å². The maximum atomic E-state index is 5.54.